The number of rotatable bonds is 4. The molecule has 0 saturated carbocycles. The first kappa shape index (κ1) is 15.1. The molecule has 0 amide bonds. The van der Waals surface area contributed by atoms with Gasteiger partial charge in [-0.05, 0) is 18.1 Å². The molecule has 19 heavy (non-hydrogen) atoms. The van der Waals surface area contributed by atoms with Gasteiger partial charge in [-0.3, -0.25) is 0 Å². The van der Waals surface area contributed by atoms with E-state index in [0.29, 0.717) is 28.6 Å². The summed E-state index contributed by atoms with van der Waals surface area (Å²) in [6.45, 7) is 0.962. The van der Waals surface area contributed by atoms with Crippen molar-refractivity contribution in [1.82, 2.24) is 4.31 Å². The lowest BCUT2D eigenvalue weighted by Gasteiger charge is -2.21. The van der Waals surface area contributed by atoms with E-state index in [1.165, 1.54) is 4.31 Å². The molecule has 0 aromatic heterocycles. The van der Waals surface area contributed by atoms with Crippen LogP contribution in [0.5, 0.6) is 0 Å². The zero-order chi connectivity index (χ0) is 14.0. The number of benzene rings is 1. The van der Waals surface area contributed by atoms with Gasteiger partial charge < -0.3 is 4.74 Å². The second kappa shape index (κ2) is 5.97. The Kier molecular flexibility index (Phi) is 4.74. The van der Waals surface area contributed by atoms with Crippen molar-refractivity contribution in [2.24, 2.45) is 0 Å². The fraction of sp³-hybridized carbons (Fsp3) is 0.500. The molecule has 0 spiro atoms. The van der Waals surface area contributed by atoms with Crippen LogP contribution in [0, 0.1) is 0 Å². The lowest BCUT2D eigenvalue weighted by Crippen LogP contribution is -2.36. The third-order valence-corrected chi connectivity index (χ3v) is 6.24. The summed E-state index contributed by atoms with van der Waals surface area (Å²) in [7, 11) is -1.81. The number of sulfonamides is 1. The van der Waals surface area contributed by atoms with E-state index >= 15 is 0 Å². The Morgan fingerprint density at radius 1 is 1.42 bits per heavy atom. The Morgan fingerprint density at radius 2 is 2.16 bits per heavy atom. The summed E-state index contributed by atoms with van der Waals surface area (Å²) in [5.41, 5.74) is 0.694. The van der Waals surface area contributed by atoms with Gasteiger partial charge in [0.25, 0.3) is 0 Å². The highest BCUT2D eigenvalue weighted by Gasteiger charge is 2.33. The van der Waals surface area contributed by atoms with Gasteiger partial charge in [0, 0.05) is 20.2 Å². The van der Waals surface area contributed by atoms with E-state index in [4.69, 9.17) is 27.9 Å². The normalized spacial score (nSPS) is 20.1. The zero-order valence-corrected chi connectivity index (χ0v) is 12.8. The van der Waals surface area contributed by atoms with Gasteiger partial charge >= 0.3 is 0 Å². The second-order valence-electron chi connectivity index (χ2n) is 4.50. The van der Waals surface area contributed by atoms with Gasteiger partial charge in [0.2, 0.25) is 10.0 Å². The lowest BCUT2D eigenvalue weighted by molar-refractivity contribution is 0.198. The van der Waals surface area contributed by atoms with Gasteiger partial charge in [0.1, 0.15) is 5.25 Å². The van der Waals surface area contributed by atoms with Crippen LogP contribution in [0.3, 0.4) is 0 Å². The highest BCUT2D eigenvalue weighted by Crippen LogP contribution is 2.27. The van der Waals surface area contributed by atoms with Gasteiger partial charge in [-0.2, -0.15) is 0 Å². The zero-order valence-electron chi connectivity index (χ0n) is 10.5. The third-order valence-electron chi connectivity index (χ3n) is 3.17. The van der Waals surface area contributed by atoms with Crippen LogP contribution in [0.15, 0.2) is 18.2 Å². The molecule has 106 valence electrons. The van der Waals surface area contributed by atoms with Crippen LogP contribution >= 0.6 is 23.2 Å². The molecule has 0 radical (unpaired) electrons. The number of nitrogens with zero attached hydrogens (tertiary/aromatic N) is 1. The van der Waals surface area contributed by atoms with Crippen molar-refractivity contribution in [3.63, 3.8) is 0 Å². The van der Waals surface area contributed by atoms with Crippen LogP contribution in [0.2, 0.25) is 10.0 Å². The topological polar surface area (TPSA) is 46.6 Å². The minimum absolute atomic E-state index is 0.207. The molecule has 0 bridgehead atoms. The molecule has 0 N–H and O–H groups in total. The molecule has 2 rings (SSSR count). The molecule has 1 heterocycles. The molecular weight excluding hydrogens is 309 g/mol. The van der Waals surface area contributed by atoms with E-state index in [1.54, 1.807) is 25.2 Å². The smallest absolute Gasteiger partial charge is 0.219 e. The summed E-state index contributed by atoms with van der Waals surface area (Å²) >= 11 is 12.0. The predicted molar refractivity (Wildman–Crippen MR) is 76.1 cm³/mol. The number of ether oxygens (including phenoxy) is 1. The fourth-order valence-corrected chi connectivity index (χ4v) is 3.87. The van der Waals surface area contributed by atoms with Crippen molar-refractivity contribution < 1.29 is 13.2 Å². The maximum atomic E-state index is 12.3. The van der Waals surface area contributed by atoms with Crippen LogP contribution in [0.1, 0.15) is 12.0 Å². The van der Waals surface area contributed by atoms with Gasteiger partial charge in [0.15, 0.2) is 0 Å². The minimum Gasteiger partial charge on any atom is -0.380 e. The number of hydrogen-bond acceptors (Lipinski definition) is 3. The Bertz CT molecular complexity index is 556. The molecule has 1 aliphatic heterocycles. The van der Waals surface area contributed by atoms with E-state index in [9.17, 15) is 8.42 Å². The molecule has 1 unspecified atom stereocenters. The summed E-state index contributed by atoms with van der Waals surface area (Å²) in [6.07, 6.45) is 0.538. The number of halogens is 2. The Labute approximate surface area is 123 Å². The van der Waals surface area contributed by atoms with E-state index in [2.05, 4.69) is 0 Å². The van der Waals surface area contributed by atoms with E-state index in [-0.39, 0.29) is 13.2 Å². The van der Waals surface area contributed by atoms with Crippen LogP contribution in [-0.4, -0.2) is 38.2 Å². The first-order chi connectivity index (χ1) is 8.93. The van der Waals surface area contributed by atoms with Gasteiger partial charge in [0.05, 0.1) is 16.7 Å². The van der Waals surface area contributed by atoms with Crippen LogP contribution in [-0.2, 0) is 21.3 Å². The quantitative estimate of drug-likeness (QED) is 0.855. The molecule has 1 aromatic rings. The molecule has 1 fully saturated rings. The van der Waals surface area contributed by atoms with Crippen LogP contribution < -0.4 is 0 Å². The van der Waals surface area contributed by atoms with E-state index in [1.807, 2.05) is 0 Å². The highest BCUT2D eigenvalue weighted by molar-refractivity contribution is 7.89. The first-order valence-electron chi connectivity index (χ1n) is 5.88. The molecule has 0 aliphatic carbocycles. The Balaban J connectivity index is 2.16. The van der Waals surface area contributed by atoms with Crippen molar-refractivity contribution in [2.75, 3.05) is 20.3 Å². The summed E-state index contributed by atoms with van der Waals surface area (Å²) in [5, 5.41) is 0.360. The van der Waals surface area contributed by atoms with Crippen LogP contribution in [0.25, 0.3) is 0 Å². The van der Waals surface area contributed by atoms with Crippen LogP contribution in [0.4, 0.5) is 0 Å². The molecule has 4 nitrogen and oxygen atoms in total. The predicted octanol–water partition coefficient (Wildman–Crippen LogP) is 2.54. The van der Waals surface area contributed by atoms with Crippen molar-refractivity contribution >= 4 is 33.2 Å². The second-order valence-corrected chi connectivity index (χ2v) is 7.60. The van der Waals surface area contributed by atoms with Crippen molar-refractivity contribution in [3.8, 4) is 0 Å². The maximum absolute atomic E-state index is 12.3. The Hall–Kier alpha value is -0.330. The lowest BCUT2D eigenvalue weighted by atomic mass is 10.2. The standard InChI is InChI=1S/C12H15Cl2NO3S/c1-15(19(16,17)10-5-6-18-8-10)7-9-3-2-4-11(13)12(9)14/h2-4,10H,5-8H2,1H3. The van der Waals surface area contributed by atoms with E-state index in [0.717, 1.165) is 0 Å². The summed E-state index contributed by atoms with van der Waals surface area (Å²) < 4.78 is 31.0. The first-order valence-corrected chi connectivity index (χ1v) is 8.14. The molecule has 1 aliphatic rings. The van der Waals surface area contributed by atoms with Gasteiger partial charge in [-0.1, -0.05) is 35.3 Å². The summed E-state index contributed by atoms with van der Waals surface area (Å²) in [5.74, 6) is 0. The minimum atomic E-state index is -3.36. The highest BCUT2D eigenvalue weighted by atomic mass is 35.5. The van der Waals surface area contributed by atoms with Crippen molar-refractivity contribution in [3.05, 3.63) is 33.8 Å². The average Bonchev–Trinajstić information content (AvgIpc) is 2.89. The Morgan fingerprint density at radius 3 is 2.79 bits per heavy atom. The SMILES string of the molecule is CN(Cc1cccc(Cl)c1Cl)S(=O)(=O)C1CCOC1. The van der Waals surface area contributed by atoms with Crippen molar-refractivity contribution in [1.29, 1.82) is 0 Å². The van der Waals surface area contributed by atoms with Gasteiger partial charge in [-0.15, -0.1) is 0 Å². The molecule has 7 heteroatoms. The maximum Gasteiger partial charge on any atom is 0.219 e. The average molecular weight is 324 g/mol. The van der Waals surface area contributed by atoms with E-state index < -0.39 is 15.3 Å². The largest absolute Gasteiger partial charge is 0.380 e. The molecule has 1 saturated heterocycles. The summed E-state index contributed by atoms with van der Waals surface area (Å²) in [4.78, 5) is 0. The molecular formula is C12H15Cl2NO3S. The van der Waals surface area contributed by atoms with Gasteiger partial charge in [-0.25, -0.2) is 12.7 Å². The molecule has 1 aromatic carbocycles. The molecule has 1 atom stereocenters. The van der Waals surface area contributed by atoms with Crippen molar-refractivity contribution in [2.45, 2.75) is 18.2 Å². The number of hydrogen-bond donors (Lipinski definition) is 0. The monoisotopic (exact) mass is 323 g/mol. The third kappa shape index (κ3) is 3.23. The summed E-state index contributed by atoms with van der Waals surface area (Å²) in [6, 6.07) is 5.20. The fourth-order valence-electron chi connectivity index (χ4n) is 2.00.